The quantitative estimate of drug-likeness (QED) is 0.252. The molecule has 0 aliphatic rings. The summed E-state index contributed by atoms with van der Waals surface area (Å²) in [4.78, 5) is 10.4. The van der Waals surface area contributed by atoms with Gasteiger partial charge in [-0.2, -0.15) is 5.26 Å². The van der Waals surface area contributed by atoms with Gasteiger partial charge < -0.3 is 9.47 Å². The summed E-state index contributed by atoms with van der Waals surface area (Å²) in [5, 5.41) is 8.07. The van der Waals surface area contributed by atoms with Crippen LogP contribution in [-0.4, -0.2) is 19.4 Å². The number of carbonyl (C=O) groups excluding carboxylic acids is 1. The summed E-state index contributed by atoms with van der Waals surface area (Å²) in [5.74, 6) is -0.526. The van der Waals surface area contributed by atoms with Crippen molar-refractivity contribution in [3.8, 4) is 6.07 Å². The van der Waals surface area contributed by atoms with E-state index in [2.05, 4.69) is 11.3 Å². The number of esters is 1. The van der Waals surface area contributed by atoms with Crippen molar-refractivity contribution in [1.82, 2.24) is 0 Å². The second-order valence-corrected chi connectivity index (χ2v) is 1.60. The molecule has 0 atom stereocenters. The van der Waals surface area contributed by atoms with Gasteiger partial charge in [0.15, 0.2) is 6.79 Å². The fourth-order valence-corrected chi connectivity index (χ4v) is 0.335. The highest BCUT2D eigenvalue weighted by molar-refractivity contribution is 5.81. The molecule has 0 radical (unpaired) electrons. The molecule has 0 rings (SSSR count). The van der Waals surface area contributed by atoms with E-state index in [0.29, 0.717) is 6.42 Å². The molecule has 0 aromatic rings. The molecule has 60 valence electrons. The predicted molar refractivity (Wildman–Crippen MR) is 37.3 cm³/mol. The largest absolute Gasteiger partial charge is 0.435 e. The van der Waals surface area contributed by atoms with Crippen LogP contribution in [0.2, 0.25) is 0 Å². The van der Waals surface area contributed by atoms with E-state index in [9.17, 15) is 4.79 Å². The summed E-state index contributed by atoms with van der Waals surface area (Å²) in [6.07, 6.45) is 1.35. The fraction of sp³-hybridized carbons (Fsp3) is 0.429. The van der Waals surface area contributed by atoms with Crippen LogP contribution in [0.1, 0.15) is 6.42 Å². The Balaban J connectivity index is 3.09. The monoisotopic (exact) mass is 155 g/mol. The molecule has 0 aromatic heterocycles. The number of hydrogen-bond acceptors (Lipinski definition) is 4. The highest BCUT2D eigenvalue weighted by Gasteiger charge is 1.93. The summed E-state index contributed by atoms with van der Waals surface area (Å²) in [6, 6.07) is 1.88. The van der Waals surface area contributed by atoms with Crippen LogP contribution >= 0.6 is 0 Å². The molecular formula is C7H9NO3. The van der Waals surface area contributed by atoms with Crippen LogP contribution in [0, 0.1) is 11.3 Å². The van der Waals surface area contributed by atoms with Gasteiger partial charge in [0.05, 0.1) is 19.1 Å². The molecule has 0 saturated carbocycles. The molecule has 0 saturated heterocycles. The Kier molecular flexibility index (Phi) is 5.95. The third-order valence-corrected chi connectivity index (χ3v) is 0.809. The Morgan fingerprint density at radius 2 is 2.45 bits per heavy atom. The van der Waals surface area contributed by atoms with Gasteiger partial charge in [0.1, 0.15) is 0 Å². The summed E-state index contributed by atoms with van der Waals surface area (Å²) in [6.45, 7) is 3.35. The van der Waals surface area contributed by atoms with Gasteiger partial charge in [0, 0.05) is 6.08 Å². The molecule has 0 fully saturated rings. The van der Waals surface area contributed by atoms with Gasteiger partial charge in [-0.05, 0) is 0 Å². The molecule has 0 aliphatic heterocycles. The molecule has 0 spiro atoms. The average molecular weight is 155 g/mol. The highest BCUT2D eigenvalue weighted by atomic mass is 16.7. The standard InChI is InChI=1S/C7H9NO3/c1-2-7(9)11-6-10-5-3-4-8/h2H,1,3,5-6H2. The summed E-state index contributed by atoms with van der Waals surface area (Å²) >= 11 is 0. The minimum absolute atomic E-state index is 0.119. The first-order valence-electron chi connectivity index (χ1n) is 3.05. The SMILES string of the molecule is C=CC(=O)OCOCCC#N. The lowest BCUT2D eigenvalue weighted by atomic mass is 10.5. The van der Waals surface area contributed by atoms with E-state index < -0.39 is 5.97 Å². The van der Waals surface area contributed by atoms with E-state index in [4.69, 9.17) is 10.00 Å². The number of nitriles is 1. The molecule has 0 N–H and O–H groups in total. The van der Waals surface area contributed by atoms with Crippen molar-refractivity contribution in [3.63, 3.8) is 0 Å². The zero-order valence-corrected chi connectivity index (χ0v) is 6.08. The van der Waals surface area contributed by atoms with Crippen LogP contribution < -0.4 is 0 Å². The van der Waals surface area contributed by atoms with Gasteiger partial charge in [-0.3, -0.25) is 0 Å². The Labute approximate surface area is 65.0 Å². The molecular weight excluding hydrogens is 146 g/mol. The van der Waals surface area contributed by atoms with Crippen molar-refractivity contribution in [2.75, 3.05) is 13.4 Å². The number of rotatable bonds is 5. The van der Waals surface area contributed by atoms with Crippen LogP contribution in [0.25, 0.3) is 0 Å². The van der Waals surface area contributed by atoms with Gasteiger partial charge in [-0.25, -0.2) is 4.79 Å². The molecule has 0 bridgehead atoms. The lowest BCUT2D eigenvalue weighted by Gasteiger charge is -2.00. The van der Waals surface area contributed by atoms with Crippen molar-refractivity contribution in [1.29, 1.82) is 5.26 Å². The minimum atomic E-state index is -0.526. The van der Waals surface area contributed by atoms with Crippen molar-refractivity contribution in [2.45, 2.75) is 6.42 Å². The van der Waals surface area contributed by atoms with E-state index in [-0.39, 0.29) is 13.4 Å². The zero-order chi connectivity index (χ0) is 8.53. The normalized spacial score (nSPS) is 8.27. The van der Waals surface area contributed by atoms with Crippen molar-refractivity contribution in [3.05, 3.63) is 12.7 Å². The smallest absolute Gasteiger partial charge is 0.332 e. The van der Waals surface area contributed by atoms with Crippen LogP contribution in [-0.2, 0) is 14.3 Å². The van der Waals surface area contributed by atoms with Gasteiger partial charge in [0.2, 0.25) is 0 Å². The van der Waals surface area contributed by atoms with Crippen LogP contribution in [0.4, 0.5) is 0 Å². The lowest BCUT2D eigenvalue weighted by molar-refractivity contribution is -0.149. The van der Waals surface area contributed by atoms with E-state index in [1.807, 2.05) is 6.07 Å². The van der Waals surface area contributed by atoms with Crippen molar-refractivity contribution in [2.24, 2.45) is 0 Å². The maximum absolute atomic E-state index is 10.4. The first-order chi connectivity index (χ1) is 5.31. The first kappa shape index (κ1) is 9.66. The fourth-order valence-electron chi connectivity index (χ4n) is 0.335. The van der Waals surface area contributed by atoms with Gasteiger partial charge in [-0.1, -0.05) is 6.58 Å². The van der Waals surface area contributed by atoms with E-state index >= 15 is 0 Å². The van der Waals surface area contributed by atoms with Crippen LogP contribution in [0.15, 0.2) is 12.7 Å². The molecule has 4 nitrogen and oxygen atoms in total. The third-order valence-electron chi connectivity index (χ3n) is 0.809. The molecule has 0 aliphatic carbocycles. The zero-order valence-electron chi connectivity index (χ0n) is 6.08. The Hall–Kier alpha value is -1.34. The third kappa shape index (κ3) is 6.55. The minimum Gasteiger partial charge on any atom is -0.435 e. The molecule has 0 amide bonds. The Bertz CT molecular complexity index is 171. The lowest BCUT2D eigenvalue weighted by Crippen LogP contribution is -2.05. The number of carbonyl (C=O) groups is 1. The second kappa shape index (κ2) is 6.78. The van der Waals surface area contributed by atoms with Crippen molar-refractivity contribution >= 4 is 5.97 Å². The summed E-state index contributed by atoms with van der Waals surface area (Å²) in [5.41, 5.74) is 0. The summed E-state index contributed by atoms with van der Waals surface area (Å²) in [7, 11) is 0. The number of nitrogens with zero attached hydrogens (tertiary/aromatic N) is 1. The van der Waals surface area contributed by atoms with E-state index in [1.54, 1.807) is 0 Å². The van der Waals surface area contributed by atoms with Crippen LogP contribution in [0.5, 0.6) is 0 Å². The Morgan fingerprint density at radius 1 is 1.73 bits per heavy atom. The van der Waals surface area contributed by atoms with E-state index in [1.165, 1.54) is 0 Å². The van der Waals surface area contributed by atoms with Crippen molar-refractivity contribution < 1.29 is 14.3 Å². The first-order valence-corrected chi connectivity index (χ1v) is 3.05. The average Bonchev–Trinajstić information content (AvgIpc) is 2.04. The highest BCUT2D eigenvalue weighted by Crippen LogP contribution is 1.83. The maximum Gasteiger partial charge on any atom is 0.332 e. The van der Waals surface area contributed by atoms with Gasteiger partial charge in [0.25, 0.3) is 0 Å². The molecule has 0 heterocycles. The molecule has 0 unspecified atom stereocenters. The molecule has 0 aromatic carbocycles. The van der Waals surface area contributed by atoms with Gasteiger partial charge in [-0.15, -0.1) is 0 Å². The van der Waals surface area contributed by atoms with Gasteiger partial charge >= 0.3 is 5.97 Å². The number of hydrogen-bond donors (Lipinski definition) is 0. The topological polar surface area (TPSA) is 59.3 Å². The summed E-state index contributed by atoms with van der Waals surface area (Å²) < 4.78 is 9.18. The second-order valence-electron chi connectivity index (χ2n) is 1.60. The maximum atomic E-state index is 10.4. The molecule has 4 heteroatoms. The Morgan fingerprint density at radius 3 is 3.00 bits per heavy atom. The number of ether oxygens (including phenoxy) is 2. The predicted octanol–water partition coefficient (Wildman–Crippen LogP) is 0.603. The van der Waals surface area contributed by atoms with Crippen LogP contribution in [0.3, 0.4) is 0 Å². The molecule has 11 heavy (non-hydrogen) atoms. The van der Waals surface area contributed by atoms with E-state index in [0.717, 1.165) is 6.08 Å².